The van der Waals surface area contributed by atoms with E-state index >= 15 is 0 Å². The van der Waals surface area contributed by atoms with Crippen LogP contribution in [0.2, 0.25) is 0 Å². The van der Waals surface area contributed by atoms with Gasteiger partial charge in [-0.1, -0.05) is 0 Å². The van der Waals surface area contributed by atoms with Crippen LogP contribution in [-0.2, 0) is 4.74 Å². The molecule has 0 aromatic rings. The fourth-order valence-corrected chi connectivity index (χ4v) is 2.10. The zero-order valence-corrected chi connectivity index (χ0v) is 10.5. The van der Waals surface area contributed by atoms with Gasteiger partial charge in [-0.3, -0.25) is 0 Å². The normalized spacial score (nSPS) is 29.4. The lowest BCUT2D eigenvalue weighted by atomic mass is 9.94. The molecule has 1 rings (SSSR count). The third-order valence-corrected chi connectivity index (χ3v) is 3.27. The van der Waals surface area contributed by atoms with Crippen molar-refractivity contribution in [3.63, 3.8) is 0 Å². The van der Waals surface area contributed by atoms with Crippen LogP contribution in [0.4, 0.5) is 0 Å². The van der Waals surface area contributed by atoms with Gasteiger partial charge in [0, 0.05) is 20.2 Å². The van der Waals surface area contributed by atoms with Gasteiger partial charge in [-0.25, -0.2) is 0 Å². The maximum Gasteiger partial charge on any atom is 0.0777 e. The van der Waals surface area contributed by atoms with Crippen molar-refractivity contribution in [2.24, 2.45) is 0 Å². The molecular weight excluding hydrogens is 190 g/mol. The predicted molar refractivity (Wildman–Crippen MR) is 62.0 cm³/mol. The van der Waals surface area contributed by atoms with Crippen molar-refractivity contribution in [3.8, 4) is 0 Å². The number of aliphatic hydroxyl groups is 1. The summed E-state index contributed by atoms with van der Waals surface area (Å²) in [5, 5.41) is 9.68. The van der Waals surface area contributed by atoms with Crippen LogP contribution >= 0.6 is 0 Å². The van der Waals surface area contributed by atoms with E-state index in [0.29, 0.717) is 0 Å². The molecule has 90 valence electrons. The number of methoxy groups -OCH3 is 1. The van der Waals surface area contributed by atoms with Crippen molar-refractivity contribution in [1.29, 1.82) is 0 Å². The minimum absolute atomic E-state index is 0.0118. The Kier molecular flexibility index (Phi) is 4.15. The highest BCUT2D eigenvalue weighted by atomic mass is 16.5. The average Bonchev–Trinajstić information content (AvgIpc) is 2.14. The number of likely N-dealkylation sites (tertiary alicyclic amines) is 1. The largest absolute Gasteiger partial charge is 0.390 e. The van der Waals surface area contributed by atoms with Crippen LogP contribution in [0.25, 0.3) is 0 Å². The van der Waals surface area contributed by atoms with Crippen LogP contribution in [0.1, 0.15) is 40.0 Å². The quantitative estimate of drug-likeness (QED) is 0.774. The van der Waals surface area contributed by atoms with E-state index in [9.17, 15) is 5.11 Å². The number of hydrogen-bond acceptors (Lipinski definition) is 3. The first-order valence-corrected chi connectivity index (χ1v) is 5.85. The van der Waals surface area contributed by atoms with Gasteiger partial charge in [0.25, 0.3) is 0 Å². The van der Waals surface area contributed by atoms with Crippen LogP contribution in [0.5, 0.6) is 0 Å². The van der Waals surface area contributed by atoms with Gasteiger partial charge in [0.2, 0.25) is 0 Å². The molecule has 0 aromatic carbocycles. The Morgan fingerprint density at radius 1 is 1.47 bits per heavy atom. The molecule has 0 saturated carbocycles. The lowest BCUT2D eigenvalue weighted by molar-refractivity contribution is -0.0555. The molecule has 0 amide bonds. The third kappa shape index (κ3) is 4.49. The first-order valence-electron chi connectivity index (χ1n) is 5.85. The first-order chi connectivity index (χ1) is 6.85. The second kappa shape index (κ2) is 4.81. The molecule has 1 aliphatic heterocycles. The Bertz CT molecular complexity index is 200. The van der Waals surface area contributed by atoms with Crippen LogP contribution in [-0.4, -0.2) is 48.0 Å². The van der Waals surface area contributed by atoms with Crippen molar-refractivity contribution in [3.05, 3.63) is 0 Å². The Balaban J connectivity index is 2.37. The molecule has 1 N–H and O–H groups in total. The molecule has 0 aromatic heterocycles. The maximum atomic E-state index is 9.68. The van der Waals surface area contributed by atoms with E-state index < -0.39 is 5.60 Å². The van der Waals surface area contributed by atoms with Crippen LogP contribution in [0.15, 0.2) is 0 Å². The van der Waals surface area contributed by atoms with E-state index in [1.54, 1.807) is 7.11 Å². The molecule has 3 heteroatoms. The molecule has 1 unspecified atom stereocenters. The van der Waals surface area contributed by atoms with Crippen molar-refractivity contribution in [2.45, 2.75) is 51.2 Å². The summed E-state index contributed by atoms with van der Waals surface area (Å²) in [5.41, 5.74) is -0.543. The molecule has 1 fully saturated rings. The minimum atomic E-state index is -0.555. The molecule has 0 aliphatic carbocycles. The second-order valence-corrected chi connectivity index (χ2v) is 5.60. The average molecular weight is 215 g/mol. The van der Waals surface area contributed by atoms with Gasteiger partial charge in [-0.2, -0.15) is 0 Å². The van der Waals surface area contributed by atoms with E-state index in [4.69, 9.17) is 4.74 Å². The monoisotopic (exact) mass is 215 g/mol. The molecule has 0 spiro atoms. The molecule has 3 nitrogen and oxygen atoms in total. The summed E-state index contributed by atoms with van der Waals surface area (Å²) < 4.78 is 5.54. The second-order valence-electron chi connectivity index (χ2n) is 5.60. The van der Waals surface area contributed by atoms with Crippen LogP contribution < -0.4 is 0 Å². The number of rotatable bonds is 4. The lowest BCUT2D eigenvalue weighted by Crippen LogP contribution is -2.48. The van der Waals surface area contributed by atoms with Crippen molar-refractivity contribution < 1.29 is 9.84 Å². The van der Waals surface area contributed by atoms with Gasteiger partial charge in [0.15, 0.2) is 0 Å². The highest BCUT2D eigenvalue weighted by molar-refractivity contribution is 4.85. The molecule has 1 saturated heterocycles. The van der Waals surface area contributed by atoms with Crippen LogP contribution in [0.3, 0.4) is 0 Å². The topological polar surface area (TPSA) is 32.7 Å². The van der Waals surface area contributed by atoms with E-state index in [2.05, 4.69) is 11.8 Å². The maximum absolute atomic E-state index is 9.68. The van der Waals surface area contributed by atoms with Gasteiger partial charge >= 0.3 is 0 Å². The van der Waals surface area contributed by atoms with E-state index in [1.807, 2.05) is 13.8 Å². The third-order valence-electron chi connectivity index (χ3n) is 3.27. The fourth-order valence-electron chi connectivity index (χ4n) is 2.10. The van der Waals surface area contributed by atoms with Crippen molar-refractivity contribution in [1.82, 2.24) is 4.90 Å². The number of hydrogen-bond donors (Lipinski definition) is 1. The van der Waals surface area contributed by atoms with Gasteiger partial charge in [-0.05, 0) is 46.6 Å². The number of piperidine rings is 1. The molecule has 0 radical (unpaired) electrons. The highest BCUT2D eigenvalue weighted by Crippen LogP contribution is 2.24. The summed E-state index contributed by atoms with van der Waals surface area (Å²) in [7, 11) is 1.79. The minimum Gasteiger partial charge on any atom is -0.390 e. The van der Waals surface area contributed by atoms with Gasteiger partial charge in [-0.15, -0.1) is 0 Å². The summed E-state index contributed by atoms with van der Waals surface area (Å²) >= 11 is 0. The Hall–Kier alpha value is -0.120. The van der Waals surface area contributed by atoms with Gasteiger partial charge in [0.1, 0.15) is 0 Å². The predicted octanol–water partition coefficient (Wildman–Crippen LogP) is 1.65. The lowest BCUT2D eigenvalue weighted by Gasteiger charge is -2.40. The van der Waals surface area contributed by atoms with Crippen molar-refractivity contribution >= 4 is 0 Å². The standard InChI is InChI=1S/C12H25NO2/c1-11(2,14)7-9-13-8-5-6-12(3,10-13)15-4/h14H,5-10H2,1-4H3. The zero-order chi connectivity index (χ0) is 11.5. The van der Waals surface area contributed by atoms with E-state index in [-0.39, 0.29) is 5.60 Å². The number of ether oxygens (including phenoxy) is 1. The van der Waals surface area contributed by atoms with Crippen molar-refractivity contribution in [2.75, 3.05) is 26.7 Å². The van der Waals surface area contributed by atoms with E-state index in [1.165, 1.54) is 6.42 Å². The van der Waals surface area contributed by atoms with Gasteiger partial charge in [0.05, 0.1) is 11.2 Å². The molecule has 15 heavy (non-hydrogen) atoms. The summed E-state index contributed by atoms with van der Waals surface area (Å²) in [4.78, 5) is 2.39. The molecule has 1 aliphatic rings. The fraction of sp³-hybridized carbons (Fsp3) is 1.00. The summed E-state index contributed by atoms with van der Waals surface area (Å²) in [6, 6.07) is 0. The molecule has 0 bridgehead atoms. The first kappa shape index (κ1) is 12.9. The smallest absolute Gasteiger partial charge is 0.0777 e. The van der Waals surface area contributed by atoms with Crippen LogP contribution in [0, 0.1) is 0 Å². The Morgan fingerprint density at radius 2 is 2.13 bits per heavy atom. The Morgan fingerprint density at radius 3 is 2.67 bits per heavy atom. The summed E-state index contributed by atoms with van der Waals surface area (Å²) in [6.07, 6.45) is 3.16. The Labute approximate surface area is 93.4 Å². The SMILES string of the molecule is COC1(C)CCCN(CCC(C)(C)O)C1. The highest BCUT2D eigenvalue weighted by Gasteiger charge is 2.30. The molecule has 1 atom stereocenters. The summed E-state index contributed by atoms with van der Waals surface area (Å²) in [5.74, 6) is 0. The summed E-state index contributed by atoms with van der Waals surface area (Å²) in [6.45, 7) is 8.99. The number of nitrogens with zero attached hydrogens (tertiary/aromatic N) is 1. The molecule has 1 heterocycles. The van der Waals surface area contributed by atoms with E-state index in [0.717, 1.165) is 32.5 Å². The van der Waals surface area contributed by atoms with Gasteiger partial charge < -0.3 is 14.7 Å². The molecular formula is C12H25NO2. The zero-order valence-electron chi connectivity index (χ0n) is 10.5.